The zero-order valence-corrected chi connectivity index (χ0v) is 14.0. The quantitative estimate of drug-likeness (QED) is 0.278. The number of hydrogen-bond acceptors (Lipinski definition) is 6. The number of carbonyl (C=O) groups excluding carboxylic acids is 1. The van der Waals surface area contributed by atoms with E-state index in [2.05, 4.69) is 4.18 Å². The first kappa shape index (κ1) is 19.3. The third kappa shape index (κ3) is 7.50. The molecule has 0 aromatic carbocycles. The van der Waals surface area contributed by atoms with E-state index in [1.807, 2.05) is 0 Å². The molecule has 0 aromatic heterocycles. The van der Waals surface area contributed by atoms with Crippen LogP contribution in [0.2, 0.25) is 0 Å². The second-order valence-electron chi connectivity index (χ2n) is 5.77. The van der Waals surface area contributed by atoms with Crippen molar-refractivity contribution < 1.29 is 35.9 Å². The van der Waals surface area contributed by atoms with Gasteiger partial charge < -0.3 is 14.0 Å². The minimum absolute atomic E-state index is 0.0640. The first-order valence-corrected chi connectivity index (χ1v) is 8.82. The number of esters is 1. The zero-order chi connectivity index (χ0) is 16.6. The van der Waals surface area contributed by atoms with E-state index in [1.54, 1.807) is 13.8 Å². The van der Waals surface area contributed by atoms with Gasteiger partial charge in [0.05, 0.1) is 32.3 Å². The van der Waals surface area contributed by atoms with Crippen molar-refractivity contribution in [3.8, 4) is 0 Å². The molecule has 22 heavy (non-hydrogen) atoms. The van der Waals surface area contributed by atoms with Crippen LogP contribution in [0.25, 0.3) is 0 Å². The SMILES string of the molecule is CC(C)C(=O)OCC[N+]1(CCCOS(=O)(=O)O)CCOCC1. The summed E-state index contributed by atoms with van der Waals surface area (Å²) in [5.74, 6) is -0.373. The highest BCUT2D eigenvalue weighted by Crippen LogP contribution is 2.13. The van der Waals surface area contributed by atoms with Gasteiger partial charge in [0, 0.05) is 6.42 Å². The highest BCUT2D eigenvalue weighted by atomic mass is 32.3. The lowest BCUT2D eigenvalue weighted by atomic mass is 10.2. The van der Waals surface area contributed by atoms with E-state index in [0.717, 1.165) is 13.1 Å². The second-order valence-corrected chi connectivity index (χ2v) is 6.87. The van der Waals surface area contributed by atoms with Gasteiger partial charge in [-0.15, -0.1) is 0 Å². The Labute approximate surface area is 131 Å². The van der Waals surface area contributed by atoms with Crippen molar-refractivity contribution in [1.29, 1.82) is 0 Å². The fourth-order valence-electron chi connectivity index (χ4n) is 2.36. The fraction of sp³-hybridized carbons (Fsp3) is 0.923. The van der Waals surface area contributed by atoms with E-state index in [0.29, 0.717) is 43.8 Å². The molecule has 1 rings (SSSR count). The summed E-state index contributed by atoms with van der Waals surface area (Å²) in [6.07, 6.45) is 0.484. The van der Waals surface area contributed by atoms with Crippen LogP contribution < -0.4 is 0 Å². The summed E-state index contributed by atoms with van der Waals surface area (Å²) >= 11 is 0. The number of hydrogen-bond donors (Lipinski definition) is 1. The lowest BCUT2D eigenvalue weighted by molar-refractivity contribution is -0.935. The molecule has 0 radical (unpaired) electrons. The predicted molar refractivity (Wildman–Crippen MR) is 78.5 cm³/mol. The maximum absolute atomic E-state index is 11.5. The maximum atomic E-state index is 11.5. The van der Waals surface area contributed by atoms with Gasteiger partial charge in [-0.25, -0.2) is 4.18 Å². The average molecular weight is 340 g/mol. The molecule has 0 atom stereocenters. The molecule has 1 saturated heterocycles. The normalized spacial score (nSPS) is 18.4. The molecule has 1 heterocycles. The van der Waals surface area contributed by atoms with Gasteiger partial charge in [-0.1, -0.05) is 13.8 Å². The molecule has 0 aromatic rings. The Kier molecular flexibility index (Phi) is 7.70. The molecule has 1 aliphatic heterocycles. The molecule has 1 aliphatic rings. The summed E-state index contributed by atoms with van der Waals surface area (Å²) in [7, 11) is -4.39. The van der Waals surface area contributed by atoms with Crippen LogP contribution in [0.15, 0.2) is 0 Å². The number of rotatable bonds is 9. The van der Waals surface area contributed by atoms with Crippen molar-refractivity contribution in [3.05, 3.63) is 0 Å². The average Bonchev–Trinajstić information content (AvgIpc) is 2.43. The Bertz CT molecular complexity index is 443. The molecular weight excluding hydrogens is 314 g/mol. The third-order valence-corrected chi connectivity index (χ3v) is 4.17. The van der Waals surface area contributed by atoms with Crippen LogP contribution in [0.1, 0.15) is 20.3 Å². The van der Waals surface area contributed by atoms with Crippen LogP contribution in [-0.2, 0) is 28.9 Å². The molecule has 8 nitrogen and oxygen atoms in total. The van der Waals surface area contributed by atoms with Gasteiger partial charge in [0.1, 0.15) is 26.2 Å². The minimum atomic E-state index is -4.39. The lowest BCUT2D eigenvalue weighted by Gasteiger charge is -2.41. The number of nitrogens with zero attached hydrogens (tertiary/aromatic N) is 1. The molecule has 9 heteroatoms. The monoisotopic (exact) mass is 340 g/mol. The first-order chi connectivity index (χ1) is 10.2. The zero-order valence-electron chi connectivity index (χ0n) is 13.2. The van der Waals surface area contributed by atoms with E-state index in [-0.39, 0.29) is 18.5 Å². The van der Waals surface area contributed by atoms with Crippen LogP contribution in [-0.4, -0.2) is 76.0 Å². The third-order valence-electron chi connectivity index (χ3n) is 3.71. The van der Waals surface area contributed by atoms with Gasteiger partial charge in [0.2, 0.25) is 0 Å². The van der Waals surface area contributed by atoms with E-state index in [9.17, 15) is 13.2 Å². The fourth-order valence-corrected chi connectivity index (χ4v) is 2.69. The van der Waals surface area contributed by atoms with Gasteiger partial charge in [0.15, 0.2) is 0 Å². The van der Waals surface area contributed by atoms with E-state index in [4.69, 9.17) is 14.0 Å². The summed E-state index contributed by atoms with van der Waals surface area (Å²) in [6, 6.07) is 0. The molecule has 0 spiro atoms. The van der Waals surface area contributed by atoms with Crippen LogP contribution in [0, 0.1) is 5.92 Å². The van der Waals surface area contributed by atoms with Crippen molar-refractivity contribution >= 4 is 16.4 Å². The number of ether oxygens (including phenoxy) is 2. The van der Waals surface area contributed by atoms with Crippen LogP contribution in [0.5, 0.6) is 0 Å². The number of carbonyl (C=O) groups is 1. The smallest absolute Gasteiger partial charge is 0.397 e. The van der Waals surface area contributed by atoms with Crippen LogP contribution in [0.3, 0.4) is 0 Å². The highest BCUT2D eigenvalue weighted by molar-refractivity contribution is 7.80. The summed E-state index contributed by atoms with van der Waals surface area (Å²) in [5, 5.41) is 0. The summed E-state index contributed by atoms with van der Waals surface area (Å²) in [5.41, 5.74) is 0. The van der Waals surface area contributed by atoms with Crippen molar-refractivity contribution in [2.45, 2.75) is 20.3 Å². The molecule has 0 bridgehead atoms. The molecule has 130 valence electrons. The topological polar surface area (TPSA) is 99.1 Å². The van der Waals surface area contributed by atoms with Gasteiger partial charge in [0.25, 0.3) is 0 Å². The van der Waals surface area contributed by atoms with E-state index < -0.39 is 10.4 Å². The Balaban J connectivity index is 2.42. The highest BCUT2D eigenvalue weighted by Gasteiger charge is 2.30. The lowest BCUT2D eigenvalue weighted by Crippen LogP contribution is -2.57. The molecule has 1 N–H and O–H groups in total. The second kappa shape index (κ2) is 8.78. The van der Waals surface area contributed by atoms with Gasteiger partial charge in [-0.05, 0) is 0 Å². The Hall–Kier alpha value is -0.740. The summed E-state index contributed by atoms with van der Waals surface area (Å²) < 4.78 is 45.2. The largest absolute Gasteiger partial charge is 0.459 e. The van der Waals surface area contributed by atoms with Crippen molar-refractivity contribution in [2.24, 2.45) is 5.92 Å². The summed E-state index contributed by atoms with van der Waals surface area (Å²) in [4.78, 5) is 11.5. The Morgan fingerprint density at radius 2 is 1.86 bits per heavy atom. The first-order valence-electron chi connectivity index (χ1n) is 7.45. The van der Waals surface area contributed by atoms with Gasteiger partial charge in [-0.2, -0.15) is 8.42 Å². The van der Waals surface area contributed by atoms with E-state index in [1.165, 1.54) is 0 Å². The summed E-state index contributed by atoms with van der Waals surface area (Å²) in [6.45, 7) is 7.99. The molecule has 1 fully saturated rings. The van der Waals surface area contributed by atoms with Crippen molar-refractivity contribution in [2.75, 3.05) is 52.6 Å². The number of quaternary nitrogens is 1. The molecule has 0 aliphatic carbocycles. The number of morpholine rings is 1. The van der Waals surface area contributed by atoms with Crippen molar-refractivity contribution in [1.82, 2.24) is 0 Å². The Morgan fingerprint density at radius 1 is 1.23 bits per heavy atom. The molecular formula is C13H26NO7S+. The van der Waals surface area contributed by atoms with Gasteiger partial charge >= 0.3 is 16.4 Å². The maximum Gasteiger partial charge on any atom is 0.397 e. The van der Waals surface area contributed by atoms with Gasteiger partial charge in [-0.3, -0.25) is 9.35 Å². The van der Waals surface area contributed by atoms with E-state index >= 15 is 0 Å². The predicted octanol–water partition coefficient (Wildman–Crippen LogP) is 0.242. The van der Waals surface area contributed by atoms with Crippen LogP contribution >= 0.6 is 0 Å². The van der Waals surface area contributed by atoms with Crippen LogP contribution in [0.4, 0.5) is 0 Å². The molecule has 0 unspecified atom stereocenters. The molecule has 0 amide bonds. The Morgan fingerprint density at radius 3 is 2.41 bits per heavy atom. The van der Waals surface area contributed by atoms with Crippen molar-refractivity contribution in [3.63, 3.8) is 0 Å². The minimum Gasteiger partial charge on any atom is -0.459 e. The standard InChI is InChI=1S/C13H25NO7S/c1-12(2)13(15)20-11-7-14(5-9-19-10-6-14)4-3-8-21-22(16,17)18/h12H,3-11H2,1-2H3/p+1. The molecule has 0 saturated carbocycles.